The van der Waals surface area contributed by atoms with E-state index in [4.69, 9.17) is 0 Å². The van der Waals surface area contributed by atoms with Crippen LogP contribution in [-0.4, -0.2) is 47.8 Å². The van der Waals surface area contributed by atoms with Crippen molar-refractivity contribution in [2.45, 2.75) is 55.4 Å². The average Bonchev–Trinajstić information content (AvgIpc) is 2.33. The molecule has 0 spiro atoms. The Balaban J connectivity index is 5.07. The third-order valence-electron chi connectivity index (χ3n) is 3.10. The number of carbonyl (C=O) groups is 2. The molecule has 130 valence electrons. The average molecular weight is 312 g/mol. The van der Waals surface area contributed by atoms with E-state index < -0.39 is 0 Å². The molecule has 4 nitrogen and oxygen atoms in total. The zero-order valence-corrected chi connectivity index (χ0v) is 15.8. The van der Waals surface area contributed by atoms with Gasteiger partial charge in [-0.3, -0.25) is 9.59 Å². The number of rotatable bonds is 8. The fourth-order valence-corrected chi connectivity index (χ4v) is 2.51. The van der Waals surface area contributed by atoms with Crippen LogP contribution in [0.25, 0.3) is 0 Å². The molecule has 0 aromatic heterocycles. The lowest BCUT2D eigenvalue weighted by molar-refractivity contribution is -0.153. The normalized spacial score (nSPS) is 11.6. The Morgan fingerprint density at radius 3 is 0.864 bits per heavy atom. The van der Waals surface area contributed by atoms with E-state index in [1.165, 1.54) is 0 Å². The van der Waals surface area contributed by atoms with Crippen LogP contribution in [0.15, 0.2) is 0 Å². The van der Waals surface area contributed by atoms with Crippen LogP contribution in [0.5, 0.6) is 0 Å². The first kappa shape index (κ1) is 20.9. The highest BCUT2D eigenvalue weighted by Crippen LogP contribution is 2.09. The lowest BCUT2D eigenvalue weighted by atomic mass is 10.1. The van der Waals surface area contributed by atoms with Crippen LogP contribution in [0.4, 0.5) is 0 Å². The van der Waals surface area contributed by atoms with E-state index in [1.54, 1.807) is 9.80 Å². The molecule has 0 unspecified atom stereocenters. The van der Waals surface area contributed by atoms with Crippen LogP contribution in [0.2, 0.25) is 0 Å². The maximum absolute atomic E-state index is 12.7. The largest absolute Gasteiger partial charge is 0.334 e. The summed E-state index contributed by atoms with van der Waals surface area (Å²) in [7, 11) is 0. The lowest BCUT2D eigenvalue weighted by Crippen LogP contribution is -2.49. The molecule has 0 saturated carbocycles. The summed E-state index contributed by atoms with van der Waals surface area (Å²) in [5, 5.41) is 0. The van der Waals surface area contributed by atoms with E-state index in [0.29, 0.717) is 49.9 Å². The fourth-order valence-electron chi connectivity index (χ4n) is 2.51. The van der Waals surface area contributed by atoms with Crippen molar-refractivity contribution in [2.24, 2.45) is 23.7 Å². The van der Waals surface area contributed by atoms with Crippen molar-refractivity contribution >= 4 is 11.8 Å². The van der Waals surface area contributed by atoms with Crippen LogP contribution >= 0.6 is 0 Å². The summed E-state index contributed by atoms with van der Waals surface area (Å²) in [6.45, 7) is 19.2. The van der Waals surface area contributed by atoms with Crippen molar-refractivity contribution in [3.8, 4) is 0 Å². The van der Waals surface area contributed by atoms with Gasteiger partial charge in [-0.25, -0.2) is 0 Å². The third kappa shape index (κ3) is 8.40. The molecule has 0 fully saturated rings. The fraction of sp³-hybridized carbons (Fsp3) is 0.889. The zero-order valence-electron chi connectivity index (χ0n) is 15.8. The number of hydrogen-bond donors (Lipinski definition) is 0. The SMILES string of the molecule is CC(C)CN(CC(C)C)C(=O)C(=O)N(CC(C)C)CC(C)C. The molecule has 0 aliphatic heterocycles. The Morgan fingerprint density at radius 2 is 0.727 bits per heavy atom. The highest BCUT2D eigenvalue weighted by Gasteiger charge is 2.28. The Labute approximate surface area is 137 Å². The molecule has 0 atom stereocenters. The van der Waals surface area contributed by atoms with Crippen molar-refractivity contribution in [1.82, 2.24) is 9.80 Å². The van der Waals surface area contributed by atoms with Gasteiger partial charge in [0.05, 0.1) is 0 Å². The van der Waals surface area contributed by atoms with Gasteiger partial charge < -0.3 is 9.80 Å². The minimum atomic E-state index is -0.344. The summed E-state index contributed by atoms with van der Waals surface area (Å²) >= 11 is 0. The van der Waals surface area contributed by atoms with Gasteiger partial charge in [0, 0.05) is 26.2 Å². The zero-order chi connectivity index (χ0) is 17.4. The maximum atomic E-state index is 12.7. The van der Waals surface area contributed by atoms with Gasteiger partial charge in [0.25, 0.3) is 0 Å². The van der Waals surface area contributed by atoms with E-state index in [9.17, 15) is 9.59 Å². The minimum Gasteiger partial charge on any atom is -0.334 e. The molecule has 0 aliphatic rings. The van der Waals surface area contributed by atoms with E-state index in [0.717, 1.165) is 0 Å². The molecule has 0 saturated heterocycles. The Kier molecular flexibility index (Phi) is 9.38. The molecular formula is C18H36N2O2. The molecule has 0 aromatic rings. The van der Waals surface area contributed by atoms with Gasteiger partial charge in [-0.2, -0.15) is 0 Å². The highest BCUT2D eigenvalue weighted by atomic mass is 16.2. The molecule has 0 N–H and O–H groups in total. The molecule has 4 heteroatoms. The monoisotopic (exact) mass is 312 g/mol. The molecule has 2 amide bonds. The quantitative estimate of drug-likeness (QED) is 0.645. The smallest absolute Gasteiger partial charge is 0.312 e. The number of carbonyl (C=O) groups excluding carboxylic acids is 2. The molecule has 0 rings (SSSR count). The lowest BCUT2D eigenvalue weighted by Gasteiger charge is -2.30. The molecule has 0 radical (unpaired) electrons. The van der Waals surface area contributed by atoms with E-state index in [1.807, 2.05) is 0 Å². The van der Waals surface area contributed by atoms with Crippen molar-refractivity contribution in [3.05, 3.63) is 0 Å². The van der Waals surface area contributed by atoms with Crippen LogP contribution < -0.4 is 0 Å². The van der Waals surface area contributed by atoms with Crippen molar-refractivity contribution in [2.75, 3.05) is 26.2 Å². The van der Waals surface area contributed by atoms with Gasteiger partial charge in [-0.05, 0) is 23.7 Å². The predicted octanol–water partition coefficient (Wildman–Crippen LogP) is 3.27. The molecular weight excluding hydrogens is 276 g/mol. The summed E-state index contributed by atoms with van der Waals surface area (Å²) in [5.74, 6) is 0.754. The van der Waals surface area contributed by atoms with Crippen LogP contribution in [0.1, 0.15) is 55.4 Å². The van der Waals surface area contributed by atoms with Gasteiger partial charge in [0.1, 0.15) is 0 Å². The van der Waals surface area contributed by atoms with Crippen LogP contribution in [0, 0.1) is 23.7 Å². The van der Waals surface area contributed by atoms with Crippen LogP contribution in [-0.2, 0) is 9.59 Å². The number of nitrogens with zero attached hydrogens (tertiary/aromatic N) is 2. The Hall–Kier alpha value is -1.06. The summed E-state index contributed by atoms with van der Waals surface area (Å²) in [6, 6.07) is 0. The number of amides is 2. The first-order valence-corrected chi connectivity index (χ1v) is 8.62. The van der Waals surface area contributed by atoms with Crippen molar-refractivity contribution < 1.29 is 9.59 Å². The maximum Gasteiger partial charge on any atom is 0.312 e. The van der Waals surface area contributed by atoms with Gasteiger partial charge in [0.15, 0.2) is 0 Å². The number of hydrogen-bond acceptors (Lipinski definition) is 2. The van der Waals surface area contributed by atoms with Gasteiger partial charge >= 0.3 is 11.8 Å². The highest BCUT2D eigenvalue weighted by molar-refractivity contribution is 6.34. The second-order valence-corrected chi connectivity index (χ2v) is 8.00. The minimum absolute atomic E-state index is 0.344. The van der Waals surface area contributed by atoms with E-state index >= 15 is 0 Å². The molecule has 0 aliphatic carbocycles. The van der Waals surface area contributed by atoms with Gasteiger partial charge in [0.2, 0.25) is 0 Å². The molecule has 0 heterocycles. The second kappa shape index (κ2) is 9.86. The summed E-state index contributed by atoms with van der Waals surface area (Å²) < 4.78 is 0. The van der Waals surface area contributed by atoms with Gasteiger partial charge in [-0.1, -0.05) is 55.4 Å². The standard InChI is InChI=1S/C18H36N2O2/c1-13(2)9-19(10-14(3)4)17(21)18(22)20(11-15(5)6)12-16(7)8/h13-16H,9-12H2,1-8H3. The molecule has 22 heavy (non-hydrogen) atoms. The van der Waals surface area contributed by atoms with Gasteiger partial charge in [-0.15, -0.1) is 0 Å². The first-order valence-electron chi connectivity index (χ1n) is 8.62. The van der Waals surface area contributed by atoms with E-state index in [-0.39, 0.29) is 11.8 Å². The predicted molar refractivity (Wildman–Crippen MR) is 92.5 cm³/mol. The topological polar surface area (TPSA) is 40.6 Å². The summed E-state index contributed by atoms with van der Waals surface area (Å²) in [6.07, 6.45) is 0. The van der Waals surface area contributed by atoms with E-state index in [2.05, 4.69) is 55.4 Å². The molecule has 0 bridgehead atoms. The summed E-state index contributed by atoms with van der Waals surface area (Å²) in [5.41, 5.74) is 0. The molecule has 0 aromatic carbocycles. The Bertz CT molecular complexity index is 295. The van der Waals surface area contributed by atoms with Crippen molar-refractivity contribution in [1.29, 1.82) is 0 Å². The van der Waals surface area contributed by atoms with Crippen LogP contribution in [0.3, 0.4) is 0 Å². The third-order valence-corrected chi connectivity index (χ3v) is 3.10. The van der Waals surface area contributed by atoms with Crippen molar-refractivity contribution in [3.63, 3.8) is 0 Å². The first-order chi connectivity index (χ1) is 10.0. The second-order valence-electron chi connectivity index (χ2n) is 8.00. The Morgan fingerprint density at radius 1 is 0.545 bits per heavy atom. The summed E-state index contributed by atoms with van der Waals surface area (Å²) in [4.78, 5) is 28.8.